The summed E-state index contributed by atoms with van der Waals surface area (Å²) in [5.41, 5.74) is 3.50. The number of carboxylic acids is 1. The Morgan fingerprint density at radius 3 is 2.35 bits per heavy atom. The molecule has 0 saturated heterocycles. The Morgan fingerprint density at radius 2 is 1.55 bits per heavy atom. The van der Waals surface area contributed by atoms with Crippen LogP contribution in [0.2, 0.25) is 0 Å². The minimum absolute atomic E-state index is 0. The van der Waals surface area contributed by atoms with E-state index in [1.54, 1.807) is 7.11 Å². The molecule has 0 radical (unpaired) electrons. The number of aromatic nitrogens is 2. The number of hydrogen-bond donors (Lipinski definition) is 0. The van der Waals surface area contributed by atoms with Crippen molar-refractivity contribution >= 4 is 16.7 Å². The van der Waals surface area contributed by atoms with Crippen LogP contribution in [0.25, 0.3) is 33.4 Å². The molecule has 5 aromatic rings. The average Bonchev–Trinajstić information content (AvgIpc) is 2.98. The molecule has 0 aliphatic rings. The summed E-state index contributed by atoms with van der Waals surface area (Å²) in [4.78, 5) is 20.2. The number of methoxy groups -OCH3 is 1. The first-order valence-corrected chi connectivity index (χ1v) is 12.6. The fraction of sp³-hybridized carbons (Fsp3) is 0.156. The number of hydrogen-bond acceptors (Lipinski definition) is 7. The fourth-order valence-electron chi connectivity index (χ4n) is 4.22. The summed E-state index contributed by atoms with van der Waals surface area (Å²) in [6.07, 6.45) is 0.374. The maximum Gasteiger partial charge on any atom is 1.00 e. The van der Waals surface area contributed by atoms with Crippen molar-refractivity contribution in [2.24, 2.45) is 0 Å². The molecular weight excluding hydrogens is 515 g/mol. The molecule has 7 nitrogen and oxygen atoms in total. The topological polar surface area (TPSA) is 93.6 Å². The Labute approximate surface area is 255 Å². The second-order valence-corrected chi connectivity index (χ2v) is 8.93. The number of benzene rings is 4. The number of carbonyl (C=O) groups excluding carboxylic acids is 1. The van der Waals surface area contributed by atoms with E-state index in [0.717, 1.165) is 38.9 Å². The molecule has 0 N–H and O–H groups in total. The predicted molar refractivity (Wildman–Crippen MR) is 147 cm³/mol. The van der Waals surface area contributed by atoms with Crippen molar-refractivity contribution < 1.29 is 53.7 Å². The summed E-state index contributed by atoms with van der Waals surface area (Å²) < 4.78 is 17.3. The molecule has 0 saturated carbocycles. The summed E-state index contributed by atoms with van der Waals surface area (Å²) in [5, 5.41) is 12.6. The molecule has 0 aliphatic heterocycles. The molecular formula is C32H27N2NaO5. The van der Waals surface area contributed by atoms with Gasteiger partial charge in [-0.15, -0.1) is 0 Å². The van der Waals surface area contributed by atoms with Crippen LogP contribution in [0.15, 0.2) is 97.1 Å². The van der Waals surface area contributed by atoms with Gasteiger partial charge < -0.3 is 24.1 Å². The van der Waals surface area contributed by atoms with E-state index in [-0.39, 0.29) is 36.0 Å². The smallest absolute Gasteiger partial charge is 0.550 e. The van der Waals surface area contributed by atoms with Crippen LogP contribution in [-0.4, -0.2) is 29.7 Å². The van der Waals surface area contributed by atoms with Gasteiger partial charge in [0.05, 0.1) is 19.4 Å². The van der Waals surface area contributed by atoms with Gasteiger partial charge in [-0.3, -0.25) is 0 Å². The predicted octanol–water partition coefficient (Wildman–Crippen LogP) is 2.46. The van der Waals surface area contributed by atoms with Gasteiger partial charge in [-0.2, -0.15) is 4.98 Å². The van der Waals surface area contributed by atoms with Crippen LogP contribution in [-0.2, 0) is 11.4 Å². The number of rotatable bonds is 11. The van der Waals surface area contributed by atoms with Gasteiger partial charge in [-0.1, -0.05) is 66.7 Å². The summed E-state index contributed by atoms with van der Waals surface area (Å²) in [6.45, 7) is 0.619. The number of para-hydroxylation sites is 1. The van der Waals surface area contributed by atoms with E-state index in [4.69, 9.17) is 24.2 Å². The van der Waals surface area contributed by atoms with Crippen LogP contribution in [0.5, 0.6) is 17.4 Å². The van der Waals surface area contributed by atoms with Crippen LogP contribution in [0.1, 0.15) is 18.4 Å². The zero-order valence-electron chi connectivity index (χ0n) is 22.5. The largest absolute Gasteiger partial charge is 1.00 e. The molecule has 0 atom stereocenters. The van der Waals surface area contributed by atoms with Gasteiger partial charge in [0.25, 0.3) is 0 Å². The number of ether oxygens (including phenoxy) is 3. The second kappa shape index (κ2) is 13.9. The number of aliphatic carboxylic acids is 1. The van der Waals surface area contributed by atoms with E-state index in [1.807, 2.05) is 97.1 Å². The van der Waals surface area contributed by atoms with Crippen LogP contribution >= 0.6 is 0 Å². The van der Waals surface area contributed by atoms with Gasteiger partial charge in [0.2, 0.25) is 5.88 Å². The number of fused-ring (bicyclic) bond motifs is 1. The zero-order chi connectivity index (χ0) is 27.0. The zero-order valence-corrected chi connectivity index (χ0v) is 24.5. The van der Waals surface area contributed by atoms with Gasteiger partial charge >= 0.3 is 29.6 Å². The standard InChI is InChI=1S/C32H28N2O5.Na/c1-37-29-11-6-5-10-26(29)21-39-30-20-28(22-8-3-2-4-9-22)33-32(34-30)25-14-13-24-19-27(16-15-23(24)18-25)38-17-7-12-31(35)36;/h2-6,8-11,13-16,18-20H,7,12,17,21H2,1H3,(H,35,36);/q;+1/p-1. The Balaban J connectivity index is 0.00000370. The number of carbonyl (C=O) groups is 1. The molecule has 0 fully saturated rings. The van der Waals surface area contributed by atoms with E-state index in [1.165, 1.54) is 0 Å². The Morgan fingerprint density at radius 1 is 0.800 bits per heavy atom. The molecule has 0 bridgehead atoms. The molecule has 1 heterocycles. The molecule has 0 spiro atoms. The first kappa shape index (κ1) is 29.1. The third kappa shape index (κ3) is 7.39. The van der Waals surface area contributed by atoms with Crippen molar-refractivity contribution in [1.29, 1.82) is 0 Å². The minimum atomic E-state index is -1.07. The van der Waals surface area contributed by atoms with Gasteiger partial charge in [0, 0.05) is 28.7 Å². The summed E-state index contributed by atoms with van der Waals surface area (Å²) in [5.74, 6) is 1.38. The third-order valence-corrected chi connectivity index (χ3v) is 6.20. The van der Waals surface area contributed by atoms with E-state index in [2.05, 4.69) is 0 Å². The average molecular weight is 543 g/mol. The van der Waals surface area contributed by atoms with Crippen molar-refractivity contribution in [3.63, 3.8) is 0 Å². The molecule has 0 unspecified atom stereocenters. The van der Waals surface area contributed by atoms with Crippen LogP contribution in [0.3, 0.4) is 0 Å². The molecule has 196 valence electrons. The van der Waals surface area contributed by atoms with Crippen molar-refractivity contribution in [3.8, 4) is 40.0 Å². The molecule has 4 aromatic carbocycles. The Bertz CT molecular complexity index is 1590. The third-order valence-electron chi connectivity index (χ3n) is 6.20. The summed E-state index contributed by atoms with van der Waals surface area (Å²) in [6, 6.07) is 31.3. The summed E-state index contributed by atoms with van der Waals surface area (Å²) >= 11 is 0. The van der Waals surface area contributed by atoms with Crippen molar-refractivity contribution in [3.05, 3.63) is 103 Å². The van der Waals surface area contributed by atoms with Crippen LogP contribution in [0, 0.1) is 0 Å². The fourth-order valence-corrected chi connectivity index (χ4v) is 4.22. The summed E-state index contributed by atoms with van der Waals surface area (Å²) in [7, 11) is 1.64. The molecule has 40 heavy (non-hydrogen) atoms. The maximum absolute atomic E-state index is 10.6. The van der Waals surface area contributed by atoms with Gasteiger partial charge in [0.15, 0.2) is 5.82 Å². The van der Waals surface area contributed by atoms with Gasteiger partial charge in [0.1, 0.15) is 18.1 Å². The van der Waals surface area contributed by atoms with Crippen molar-refractivity contribution in [1.82, 2.24) is 9.97 Å². The molecule has 8 heteroatoms. The monoisotopic (exact) mass is 542 g/mol. The quantitative estimate of drug-likeness (QED) is 0.187. The van der Waals surface area contributed by atoms with Crippen molar-refractivity contribution in [2.75, 3.05) is 13.7 Å². The van der Waals surface area contributed by atoms with Gasteiger partial charge in [-0.25, -0.2) is 4.98 Å². The molecule has 0 amide bonds. The maximum atomic E-state index is 10.6. The van der Waals surface area contributed by atoms with E-state index in [0.29, 0.717) is 37.1 Å². The SMILES string of the molecule is COc1ccccc1COc1cc(-c2ccccc2)nc(-c2ccc3cc(OCCCC(=O)[O-])ccc3c2)n1.[Na+]. The Hall–Kier alpha value is -3.91. The van der Waals surface area contributed by atoms with E-state index < -0.39 is 5.97 Å². The van der Waals surface area contributed by atoms with Crippen LogP contribution < -0.4 is 48.9 Å². The molecule has 1 aromatic heterocycles. The van der Waals surface area contributed by atoms with Crippen molar-refractivity contribution in [2.45, 2.75) is 19.4 Å². The van der Waals surface area contributed by atoms with E-state index in [9.17, 15) is 9.90 Å². The minimum Gasteiger partial charge on any atom is -0.550 e. The first-order chi connectivity index (χ1) is 19.1. The second-order valence-electron chi connectivity index (χ2n) is 8.93. The van der Waals surface area contributed by atoms with Crippen LogP contribution in [0.4, 0.5) is 0 Å². The van der Waals surface area contributed by atoms with Gasteiger partial charge in [-0.05, 0) is 47.9 Å². The normalized spacial score (nSPS) is 10.5. The first-order valence-electron chi connectivity index (χ1n) is 12.6. The van der Waals surface area contributed by atoms with E-state index >= 15 is 0 Å². The molecule has 5 rings (SSSR count). The Kier molecular flexibility index (Phi) is 10.1. The molecule has 0 aliphatic carbocycles. The number of carboxylic acid groups (broad SMARTS) is 1. The number of nitrogens with zero attached hydrogens (tertiary/aromatic N) is 2.